The van der Waals surface area contributed by atoms with Crippen LogP contribution in [0.5, 0.6) is 0 Å². The van der Waals surface area contributed by atoms with Crippen LogP contribution in [0, 0.1) is 6.92 Å². The molecule has 0 aliphatic rings. The fourth-order valence-electron chi connectivity index (χ4n) is 2.04. The van der Waals surface area contributed by atoms with Gasteiger partial charge in [-0.1, -0.05) is 0 Å². The van der Waals surface area contributed by atoms with Gasteiger partial charge in [0.1, 0.15) is 5.69 Å². The highest BCUT2D eigenvalue weighted by Crippen LogP contribution is 2.23. The summed E-state index contributed by atoms with van der Waals surface area (Å²) in [6, 6.07) is 1.88. The molecule has 2 rings (SSSR count). The molecule has 0 spiro atoms. The summed E-state index contributed by atoms with van der Waals surface area (Å²) in [4.78, 5) is 16.6. The van der Waals surface area contributed by atoms with E-state index < -0.39 is 0 Å². The lowest BCUT2D eigenvalue weighted by Crippen LogP contribution is -2.26. The Labute approximate surface area is 129 Å². The molecule has 0 radical (unpaired) electrons. The van der Waals surface area contributed by atoms with Crippen molar-refractivity contribution in [2.24, 2.45) is 7.05 Å². The minimum Gasteiger partial charge on any atom is -0.382 e. The highest BCUT2D eigenvalue weighted by atomic mass is 32.1. The predicted molar refractivity (Wildman–Crippen MR) is 84.7 cm³/mol. The van der Waals surface area contributed by atoms with Gasteiger partial charge in [0.15, 0.2) is 0 Å². The fraction of sp³-hybridized carbons (Fsp3) is 0.467. The number of amides is 1. The summed E-state index contributed by atoms with van der Waals surface area (Å²) < 4.78 is 7.08. The summed E-state index contributed by atoms with van der Waals surface area (Å²) in [5.74, 6) is -0.0628. The smallest absolute Gasteiger partial charge is 0.267 e. The van der Waals surface area contributed by atoms with E-state index in [4.69, 9.17) is 4.74 Å². The molecule has 0 atom stereocenters. The number of thiazole rings is 1. The van der Waals surface area contributed by atoms with Crippen molar-refractivity contribution in [1.82, 2.24) is 14.9 Å². The Kier molecular flexibility index (Phi) is 5.52. The molecule has 0 saturated heterocycles. The van der Waals surface area contributed by atoms with E-state index in [1.807, 2.05) is 43.1 Å². The van der Waals surface area contributed by atoms with Gasteiger partial charge in [0.05, 0.1) is 10.7 Å². The SMILES string of the molecule is CCOCCCNC(=O)c1cc(-c2csc(C)n2)cn1C. The number of hydrogen-bond acceptors (Lipinski definition) is 4. The number of nitrogens with zero attached hydrogens (tertiary/aromatic N) is 2. The van der Waals surface area contributed by atoms with Gasteiger partial charge < -0.3 is 14.6 Å². The van der Waals surface area contributed by atoms with Crippen LogP contribution in [-0.2, 0) is 11.8 Å². The largest absolute Gasteiger partial charge is 0.382 e. The lowest BCUT2D eigenvalue weighted by molar-refractivity contribution is 0.0936. The van der Waals surface area contributed by atoms with Gasteiger partial charge in [0.2, 0.25) is 0 Å². The third-order valence-electron chi connectivity index (χ3n) is 3.11. The molecule has 2 heterocycles. The Morgan fingerprint density at radius 2 is 2.33 bits per heavy atom. The highest BCUT2D eigenvalue weighted by molar-refractivity contribution is 7.09. The second-order valence-corrected chi connectivity index (χ2v) is 5.85. The molecule has 6 heteroatoms. The van der Waals surface area contributed by atoms with Crippen molar-refractivity contribution in [3.63, 3.8) is 0 Å². The third-order valence-corrected chi connectivity index (χ3v) is 3.88. The van der Waals surface area contributed by atoms with Gasteiger partial charge in [0.25, 0.3) is 5.91 Å². The molecule has 5 nitrogen and oxygen atoms in total. The average molecular weight is 307 g/mol. The standard InChI is InChI=1S/C15H21N3O2S/c1-4-20-7-5-6-16-15(19)14-8-12(9-18(14)3)13-10-21-11(2)17-13/h8-10H,4-7H2,1-3H3,(H,16,19). The van der Waals surface area contributed by atoms with E-state index >= 15 is 0 Å². The summed E-state index contributed by atoms with van der Waals surface area (Å²) in [6.07, 6.45) is 2.76. The maximum atomic E-state index is 12.2. The van der Waals surface area contributed by atoms with Gasteiger partial charge >= 0.3 is 0 Å². The lowest BCUT2D eigenvalue weighted by atomic mass is 10.2. The molecular formula is C15H21N3O2S. The Morgan fingerprint density at radius 3 is 3.00 bits per heavy atom. The number of ether oxygens (including phenoxy) is 1. The van der Waals surface area contributed by atoms with Crippen LogP contribution in [-0.4, -0.2) is 35.2 Å². The molecule has 2 aromatic rings. The van der Waals surface area contributed by atoms with E-state index in [0.717, 1.165) is 22.7 Å². The predicted octanol–water partition coefficient (Wildman–Crippen LogP) is 2.61. The molecule has 114 valence electrons. The molecule has 1 N–H and O–H groups in total. The minimum atomic E-state index is -0.0628. The molecule has 0 fully saturated rings. The van der Waals surface area contributed by atoms with Gasteiger partial charge in [-0.25, -0.2) is 4.98 Å². The quantitative estimate of drug-likeness (QED) is 0.800. The Morgan fingerprint density at radius 1 is 1.52 bits per heavy atom. The van der Waals surface area contributed by atoms with Crippen LogP contribution >= 0.6 is 11.3 Å². The van der Waals surface area contributed by atoms with Crippen molar-refractivity contribution in [2.45, 2.75) is 20.3 Å². The lowest BCUT2D eigenvalue weighted by Gasteiger charge is -2.05. The number of aryl methyl sites for hydroxylation is 2. The summed E-state index contributed by atoms with van der Waals surface area (Å²) in [5.41, 5.74) is 2.54. The topological polar surface area (TPSA) is 56.1 Å². The van der Waals surface area contributed by atoms with Crippen molar-refractivity contribution in [3.8, 4) is 11.3 Å². The van der Waals surface area contributed by atoms with Gasteiger partial charge in [-0.2, -0.15) is 0 Å². The van der Waals surface area contributed by atoms with Crippen LogP contribution < -0.4 is 5.32 Å². The first kappa shape index (κ1) is 15.7. The third kappa shape index (κ3) is 4.15. The van der Waals surface area contributed by atoms with E-state index in [1.165, 1.54) is 0 Å². The van der Waals surface area contributed by atoms with Crippen molar-refractivity contribution in [2.75, 3.05) is 19.8 Å². The summed E-state index contributed by atoms with van der Waals surface area (Å²) in [6.45, 7) is 5.94. The van der Waals surface area contributed by atoms with Gasteiger partial charge in [0, 0.05) is 43.9 Å². The van der Waals surface area contributed by atoms with E-state index in [-0.39, 0.29) is 5.91 Å². The van der Waals surface area contributed by atoms with Crippen LogP contribution in [0.25, 0.3) is 11.3 Å². The first-order valence-corrected chi connectivity index (χ1v) is 7.94. The van der Waals surface area contributed by atoms with Crippen molar-refractivity contribution in [3.05, 3.63) is 28.3 Å². The van der Waals surface area contributed by atoms with Crippen LogP contribution in [0.3, 0.4) is 0 Å². The molecule has 0 saturated carbocycles. The van der Waals surface area contributed by atoms with Crippen LogP contribution in [0.4, 0.5) is 0 Å². The Hall–Kier alpha value is -1.66. The molecule has 0 aliphatic heterocycles. The zero-order chi connectivity index (χ0) is 15.2. The number of aromatic nitrogens is 2. The molecule has 21 heavy (non-hydrogen) atoms. The maximum absolute atomic E-state index is 12.2. The number of rotatable bonds is 7. The molecular weight excluding hydrogens is 286 g/mol. The van der Waals surface area contributed by atoms with Crippen molar-refractivity contribution >= 4 is 17.2 Å². The van der Waals surface area contributed by atoms with Gasteiger partial charge in [-0.15, -0.1) is 11.3 Å². The fourth-order valence-corrected chi connectivity index (χ4v) is 2.66. The molecule has 1 amide bonds. The second kappa shape index (κ2) is 7.38. The number of nitrogens with one attached hydrogen (secondary N) is 1. The highest BCUT2D eigenvalue weighted by Gasteiger charge is 2.13. The van der Waals surface area contributed by atoms with Gasteiger partial charge in [-0.3, -0.25) is 4.79 Å². The maximum Gasteiger partial charge on any atom is 0.267 e. The summed E-state index contributed by atoms with van der Waals surface area (Å²) in [7, 11) is 1.87. The second-order valence-electron chi connectivity index (χ2n) is 4.78. The molecule has 0 aromatic carbocycles. The summed E-state index contributed by atoms with van der Waals surface area (Å²) in [5, 5.41) is 5.94. The van der Waals surface area contributed by atoms with Crippen molar-refractivity contribution in [1.29, 1.82) is 0 Å². The van der Waals surface area contributed by atoms with Crippen LogP contribution in [0.15, 0.2) is 17.6 Å². The van der Waals surface area contributed by atoms with Crippen molar-refractivity contribution < 1.29 is 9.53 Å². The van der Waals surface area contributed by atoms with Gasteiger partial charge in [-0.05, 0) is 26.3 Å². The molecule has 0 aliphatic carbocycles. The zero-order valence-electron chi connectivity index (χ0n) is 12.7. The number of carbonyl (C=O) groups excluding carboxylic acids is 1. The monoisotopic (exact) mass is 307 g/mol. The van der Waals surface area contributed by atoms with Crippen LogP contribution in [0.2, 0.25) is 0 Å². The molecule has 0 bridgehead atoms. The zero-order valence-corrected chi connectivity index (χ0v) is 13.5. The molecule has 0 unspecified atom stereocenters. The first-order chi connectivity index (χ1) is 10.1. The van der Waals surface area contributed by atoms with E-state index in [2.05, 4.69) is 10.3 Å². The van der Waals surface area contributed by atoms with Crippen LogP contribution in [0.1, 0.15) is 28.8 Å². The van der Waals surface area contributed by atoms with E-state index in [0.29, 0.717) is 25.5 Å². The van der Waals surface area contributed by atoms with E-state index in [9.17, 15) is 4.79 Å². The Balaban J connectivity index is 1.97. The number of carbonyl (C=O) groups is 1. The summed E-state index contributed by atoms with van der Waals surface area (Å²) >= 11 is 1.61. The minimum absolute atomic E-state index is 0.0628. The number of hydrogen-bond donors (Lipinski definition) is 1. The Bertz CT molecular complexity index is 604. The molecule has 2 aromatic heterocycles. The van der Waals surface area contributed by atoms with E-state index in [1.54, 1.807) is 11.3 Å². The first-order valence-electron chi connectivity index (χ1n) is 7.06. The average Bonchev–Trinajstić information content (AvgIpc) is 3.04. The normalized spacial score (nSPS) is 10.8.